The summed E-state index contributed by atoms with van der Waals surface area (Å²) in [6.07, 6.45) is 5.95. The van der Waals surface area contributed by atoms with Gasteiger partial charge in [-0.2, -0.15) is 0 Å². The minimum absolute atomic E-state index is 0.136. The summed E-state index contributed by atoms with van der Waals surface area (Å²) in [5.41, 5.74) is 1.03. The summed E-state index contributed by atoms with van der Waals surface area (Å²) in [6.45, 7) is 1.60. The highest BCUT2D eigenvalue weighted by atomic mass is 16.5. The number of fused-ring (bicyclic) bond motifs is 1. The largest absolute Gasteiger partial charge is 0.467 e. The molecule has 0 bridgehead atoms. The molecule has 31 heavy (non-hydrogen) atoms. The fraction of sp³-hybridized carbons (Fsp3) is 0.348. The van der Waals surface area contributed by atoms with E-state index in [0.717, 1.165) is 24.8 Å². The van der Waals surface area contributed by atoms with Gasteiger partial charge in [-0.05, 0) is 37.0 Å². The van der Waals surface area contributed by atoms with Crippen molar-refractivity contribution in [3.8, 4) is 0 Å². The number of ether oxygens (including phenoxy) is 1. The zero-order valence-corrected chi connectivity index (χ0v) is 17.1. The summed E-state index contributed by atoms with van der Waals surface area (Å²) in [7, 11) is 0. The molecule has 5 rings (SSSR count). The number of hydrogen-bond donors (Lipinski definition) is 0. The first kappa shape index (κ1) is 19.6. The van der Waals surface area contributed by atoms with Crippen molar-refractivity contribution in [3.05, 3.63) is 87.2 Å². The molecule has 1 fully saturated rings. The molecule has 0 amide bonds. The monoisotopic (exact) mass is 420 g/mol. The Morgan fingerprint density at radius 3 is 2.61 bits per heavy atom. The van der Waals surface area contributed by atoms with Crippen LogP contribution >= 0.6 is 0 Å². The van der Waals surface area contributed by atoms with Crippen LogP contribution in [0.5, 0.6) is 0 Å². The lowest BCUT2D eigenvalue weighted by atomic mass is 10.1. The Bertz CT molecular complexity index is 1280. The van der Waals surface area contributed by atoms with Gasteiger partial charge in [-0.15, -0.1) is 0 Å². The van der Waals surface area contributed by atoms with Crippen molar-refractivity contribution in [1.82, 2.24) is 18.7 Å². The SMILES string of the molecule is O=c1c2c(ncn2Cc2ccco2)n(Cc2ccccc2)c(=O)n1C[C@H]1CCCCO1. The van der Waals surface area contributed by atoms with E-state index in [4.69, 9.17) is 9.15 Å². The maximum absolute atomic E-state index is 13.4. The second kappa shape index (κ2) is 8.39. The highest BCUT2D eigenvalue weighted by Crippen LogP contribution is 2.15. The molecule has 8 nitrogen and oxygen atoms in total. The Labute approximate surface area is 178 Å². The van der Waals surface area contributed by atoms with Crippen molar-refractivity contribution in [2.75, 3.05) is 6.61 Å². The zero-order valence-electron chi connectivity index (χ0n) is 17.1. The van der Waals surface area contributed by atoms with Crippen LogP contribution in [0.2, 0.25) is 0 Å². The van der Waals surface area contributed by atoms with Gasteiger partial charge in [0.05, 0.1) is 38.3 Å². The number of furan rings is 1. The van der Waals surface area contributed by atoms with Crippen LogP contribution in [-0.2, 0) is 24.4 Å². The summed E-state index contributed by atoms with van der Waals surface area (Å²) in [6, 6.07) is 13.4. The molecule has 4 aromatic rings. The van der Waals surface area contributed by atoms with Gasteiger partial charge in [0.1, 0.15) is 5.76 Å². The van der Waals surface area contributed by atoms with Gasteiger partial charge >= 0.3 is 5.69 Å². The molecule has 0 saturated carbocycles. The highest BCUT2D eigenvalue weighted by molar-refractivity contribution is 5.70. The second-order valence-corrected chi connectivity index (χ2v) is 7.88. The van der Waals surface area contributed by atoms with Crippen LogP contribution < -0.4 is 11.2 Å². The predicted molar refractivity (Wildman–Crippen MR) is 115 cm³/mol. The maximum atomic E-state index is 13.4. The molecule has 3 aromatic heterocycles. The van der Waals surface area contributed by atoms with E-state index in [-0.39, 0.29) is 23.9 Å². The lowest BCUT2D eigenvalue weighted by Crippen LogP contribution is -2.44. The Kier molecular flexibility index (Phi) is 5.30. The first-order valence-electron chi connectivity index (χ1n) is 10.6. The van der Waals surface area contributed by atoms with Gasteiger partial charge in [-0.1, -0.05) is 30.3 Å². The number of benzene rings is 1. The fourth-order valence-electron chi connectivity index (χ4n) is 4.15. The summed E-state index contributed by atoms with van der Waals surface area (Å²) < 4.78 is 15.9. The van der Waals surface area contributed by atoms with Crippen LogP contribution in [0.15, 0.2) is 69.1 Å². The van der Waals surface area contributed by atoms with E-state index in [9.17, 15) is 9.59 Å². The molecule has 0 unspecified atom stereocenters. The molecule has 1 aromatic carbocycles. The average Bonchev–Trinajstić information content (AvgIpc) is 3.46. The number of rotatable bonds is 6. The quantitative estimate of drug-likeness (QED) is 0.479. The van der Waals surface area contributed by atoms with E-state index >= 15 is 0 Å². The molecular formula is C23H24N4O4. The molecule has 4 heterocycles. The third kappa shape index (κ3) is 3.86. The summed E-state index contributed by atoms with van der Waals surface area (Å²) >= 11 is 0. The Morgan fingerprint density at radius 2 is 1.87 bits per heavy atom. The molecule has 0 radical (unpaired) electrons. The van der Waals surface area contributed by atoms with E-state index in [1.54, 1.807) is 27.8 Å². The summed E-state index contributed by atoms with van der Waals surface area (Å²) in [4.78, 5) is 31.3. The third-order valence-electron chi connectivity index (χ3n) is 5.73. The number of hydrogen-bond acceptors (Lipinski definition) is 5. The van der Waals surface area contributed by atoms with E-state index < -0.39 is 0 Å². The van der Waals surface area contributed by atoms with Crippen molar-refractivity contribution in [2.24, 2.45) is 0 Å². The van der Waals surface area contributed by atoms with Crippen LogP contribution in [0.1, 0.15) is 30.6 Å². The molecule has 1 atom stereocenters. The summed E-state index contributed by atoms with van der Waals surface area (Å²) in [5.74, 6) is 0.710. The first-order valence-corrected chi connectivity index (χ1v) is 10.6. The zero-order chi connectivity index (χ0) is 21.2. The first-order chi connectivity index (χ1) is 15.2. The Morgan fingerprint density at radius 1 is 1.00 bits per heavy atom. The van der Waals surface area contributed by atoms with Crippen molar-refractivity contribution in [1.29, 1.82) is 0 Å². The molecule has 1 aliphatic rings. The molecule has 1 saturated heterocycles. The summed E-state index contributed by atoms with van der Waals surface area (Å²) in [5, 5.41) is 0. The number of nitrogens with zero attached hydrogens (tertiary/aromatic N) is 4. The highest BCUT2D eigenvalue weighted by Gasteiger charge is 2.22. The van der Waals surface area contributed by atoms with Crippen molar-refractivity contribution in [2.45, 2.75) is 45.0 Å². The topological polar surface area (TPSA) is 84.2 Å². The molecule has 0 spiro atoms. The Balaban J connectivity index is 1.65. The van der Waals surface area contributed by atoms with Gasteiger partial charge in [0, 0.05) is 6.61 Å². The minimum Gasteiger partial charge on any atom is -0.467 e. The van der Waals surface area contributed by atoms with Gasteiger partial charge in [0.15, 0.2) is 11.2 Å². The smallest absolute Gasteiger partial charge is 0.333 e. The van der Waals surface area contributed by atoms with Crippen molar-refractivity contribution < 1.29 is 9.15 Å². The average molecular weight is 420 g/mol. The predicted octanol–water partition coefficient (Wildman–Crippen LogP) is 2.62. The molecule has 0 N–H and O–H groups in total. The van der Waals surface area contributed by atoms with E-state index in [1.807, 2.05) is 36.4 Å². The normalized spacial score (nSPS) is 16.7. The molecule has 0 aliphatic carbocycles. The second-order valence-electron chi connectivity index (χ2n) is 7.88. The van der Waals surface area contributed by atoms with Crippen LogP contribution in [0.3, 0.4) is 0 Å². The standard InChI is InChI=1S/C23H24N4O4/c28-22-20-21(24-16-25(20)14-18-10-6-12-31-18)26(13-17-7-2-1-3-8-17)23(29)27(22)15-19-9-4-5-11-30-19/h1-3,6-8,10,12,16,19H,4-5,9,11,13-15H2/t19-/m1/s1. The lowest BCUT2D eigenvalue weighted by Gasteiger charge is -2.23. The minimum atomic E-state index is -0.362. The van der Waals surface area contributed by atoms with Gasteiger partial charge < -0.3 is 13.7 Å². The number of aromatic nitrogens is 4. The number of imidazole rings is 1. The van der Waals surface area contributed by atoms with Crippen LogP contribution in [-0.4, -0.2) is 31.4 Å². The van der Waals surface area contributed by atoms with Crippen molar-refractivity contribution >= 4 is 11.2 Å². The molecule has 8 heteroatoms. The Hall–Kier alpha value is -3.39. The van der Waals surface area contributed by atoms with Crippen LogP contribution in [0.25, 0.3) is 11.2 Å². The van der Waals surface area contributed by atoms with Crippen LogP contribution in [0.4, 0.5) is 0 Å². The van der Waals surface area contributed by atoms with E-state index in [0.29, 0.717) is 36.6 Å². The van der Waals surface area contributed by atoms with Gasteiger partial charge in [-0.3, -0.25) is 13.9 Å². The van der Waals surface area contributed by atoms with E-state index in [2.05, 4.69) is 4.98 Å². The fourth-order valence-corrected chi connectivity index (χ4v) is 4.15. The van der Waals surface area contributed by atoms with Gasteiger partial charge in [0.25, 0.3) is 5.56 Å². The lowest BCUT2D eigenvalue weighted by molar-refractivity contribution is 0.00460. The molecule has 1 aliphatic heterocycles. The third-order valence-corrected chi connectivity index (χ3v) is 5.73. The van der Waals surface area contributed by atoms with E-state index in [1.165, 1.54) is 4.57 Å². The maximum Gasteiger partial charge on any atom is 0.333 e. The molecule has 160 valence electrons. The van der Waals surface area contributed by atoms with Crippen molar-refractivity contribution in [3.63, 3.8) is 0 Å². The van der Waals surface area contributed by atoms with Gasteiger partial charge in [0.2, 0.25) is 0 Å². The van der Waals surface area contributed by atoms with Crippen LogP contribution in [0, 0.1) is 0 Å². The van der Waals surface area contributed by atoms with Gasteiger partial charge in [-0.25, -0.2) is 9.78 Å². The molecular weight excluding hydrogens is 396 g/mol.